The van der Waals surface area contributed by atoms with Gasteiger partial charge < -0.3 is 24.5 Å². The number of rotatable bonds is 8. The molecule has 1 amide bonds. The Bertz CT molecular complexity index is 1210. The molecule has 7 heteroatoms. The van der Waals surface area contributed by atoms with Crippen LogP contribution in [0.3, 0.4) is 0 Å². The second-order valence-electron chi connectivity index (χ2n) is 9.28. The van der Waals surface area contributed by atoms with E-state index in [9.17, 15) is 9.90 Å². The molecule has 2 aliphatic rings. The lowest BCUT2D eigenvalue weighted by molar-refractivity contribution is -0.129. The SMILES string of the molecule is O=C(C=Cc1ccccc1OCC(O)CN1CC=C(c2cc3ccccc3[nH]2)CC1)N1CCOCC1. The number of aliphatic hydroxyl groups excluding tert-OH is 1. The first-order valence-electron chi connectivity index (χ1n) is 12.6. The normalized spacial score (nSPS) is 17.9. The highest BCUT2D eigenvalue weighted by Gasteiger charge is 2.18. The van der Waals surface area contributed by atoms with Crippen LogP contribution in [-0.2, 0) is 9.53 Å². The molecule has 0 radical (unpaired) electrons. The van der Waals surface area contributed by atoms with E-state index in [1.807, 2.05) is 30.3 Å². The zero-order valence-corrected chi connectivity index (χ0v) is 20.4. The lowest BCUT2D eigenvalue weighted by Crippen LogP contribution is -2.39. The lowest BCUT2D eigenvalue weighted by atomic mass is 10.0. The minimum atomic E-state index is -0.611. The fraction of sp³-hybridized carbons (Fsp3) is 0.345. The molecule has 36 heavy (non-hydrogen) atoms. The van der Waals surface area contributed by atoms with Crippen molar-refractivity contribution in [1.82, 2.24) is 14.8 Å². The smallest absolute Gasteiger partial charge is 0.246 e. The highest BCUT2D eigenvalue weighted by atomic mass is 16.5. The molecule has 1 fully saturated rings. The Morgan fingerprint density at radius 2 is 1.92 bits per heavy atom. The van der Waals surface area contributed by atoms with Crippen molar-refractivity contribution in [2.75, 3.05) is 52.5 Å². The maximum atomic E-state index is 12.4. The number of aliphatic hydroxyl groups is 1. The number of ether oxygens (including phenoxy) is 2. The topological polar surface area (TPSA) is 78.0 Å². The van der Waals surface area contributed by atoms with Crippen molar-refractivity contribution in [3.8, 4) is 5.75 Å². The van der Waals surface area contributed by atoms with Gasteiger partial charge in [-0.1, -0.05) is 42.5 Å². The van der Waals surface area contributed by atoms with Crippen molar-refractivity contribution >= 4 is 28.5 Å². The van der Waals surface area contributed by atoms with Crippen molar-refractivity contribution in [1.29, 1.82) is 0 Å². The van der Waals surface area contributed by atoms with Gasteiger partial charge in [0.25, 0.3) is 0 Å². The molecule has 1 aromatic heterocycles. The monoisotopic (exact) mass is 487 g/mol. The number of benzene rings is 2. The van der Waals surface area contributed by atoms with E-state index >= 15 is 0 Å². The van der Waals surface area contributed by atoms with Crippen molar-refractivity contribution in [2.45, 2.75) is 12.5 Å². The molecule has 0 aliphatic carbocycles. The highest BCUT2D eigenvalue weighted by molar-refractivity contribution is 5.92. The number of hydrogen-bond donors (Lipinski definition) is 2. The quantitative estimate of drug-likeness (QED) is 0.475. The van der Waals surface area contributed by atoms with E-state index in [-0.39, 0.29) is 12.5 Å². The van der Waals surface area contributed by atoms with Crippen molar-refractivity contribution in [3.63, 3.8) is 0 Å². The second kappa shape index (κ2) is 11.6. The number of hydrogen-bond acceptors (Lipinski definition) is 5. The van der Waals surface area contributed by atoms with Crippen LogP contribution >= 0.6 is 0 Å². The Balaban J connectivity index is 1.12. The summed E-state index contributed by atoms with van der Waals surface area (Å²) in [6.45, 7) is 4.81. The molecular weight excluding hydrogens is 454 g/mol. The number of aromatic amines is 1. The minimum Gasteiger partial charge on any atom is -0.490 e. The summed E-state index contributed by atoms with van der Waals surface area (Å²) in [5.74, 6) is 0.625. The van der Waals surface area contributed by atoms with Crippen LogP contribution in [0.4, 0.5) is 0 Å². The minimum absolute atomic E-state index is 0.0295. The third-order valence-corrected chi connectivity index (χ3v) is 6.72. The van der Waals surface area contributed by atoms with Gasteiger partial charge in [-0.25, -0.2) is 0 Å². The summed E-state index contributed by atoms with van der Waals surface area (Å²) in [5, 5.41) is 11.9. The van der Waals surface area contributed by atoms with E-state index in [1.165, 1.54) is 16.7 Å². The molecule has 5 rings (SSSR count). The van der Waals surface area contributed by atoms with Crippen LogP contribution in [0.15, 0.2) is 66.7 Å². The van der Waals surface area contributed by atoms with E-state index < -0.39 is 6.10 Å². The molecule has 0 bridgehead atoms. The van der Waals surface area contributed by atoms with Gasteiger partial charge in [-0.15, -0.1) is 0 Å². The second-order valence-corrected chi connectivity index (χ2v) is 9.28. The number of nitrogens with zero attached hydrogens (tertiary/aromatic N) is 2. The number of H-pyrrole nitrogens is 1. The van der Waals surface area contributed by atoms with Crippen LogP contribution in [0, 0.1) is 0 Å². The molecule has 188 valence electrons. The summed E-state index contributed by atoms with van der Waals surface area (Å²) in [4.78, 5) is 20.0. The Kier molecular flexibility index (Phi) is 7.81. The Labute approximate surface area is 211 Å². The van der Waals surface area contributed by atoms with Crippen LogP contribution < -0.4 is 4.74 Å². The summed E-state index contributed by atoms with van der Waals surface area (Å²) in [6.07, 6.45) is 5.92. The zero-order valence-electron chi connectivity index (χ0n) is 20.4. The highest BCUT2D eigenvalue weighted by Crippen LogP contribution is 2.26. The Morgan fingerprint density at radius 3 is 2.72 bits per heavy atom. The summed E-state index contributed by atoms with van der Waals surface area (Å²) in [6, 6.07) is 18.1. The third kappa shape index (κ3) is 6.05. The van der Waals surface area contributed by atoms with Gasteiger partial charge in [0.2, 0.25) is 5.91 Å². The van der Waals surface area contributed by atoms with Gasteiger partial charge in [-0.05, 0) is 41.7 Å². The van der Waals surface area contributed by atoms with Crippen LogP contribution in [0.25, 0.3) is 22.6 Å². The van der Waals surface area contributed by atoms with Gasteiger partial charge in [0.05, 0.1) is 13.2 Å². The fourth-order valence-electron chi connectivity index (χ4n) is 4.70. The maximum Gasteiger partial charge on any atom is 0.246 e. The summed E-state index contributed by atoms with van der Waals surface area (Å²) in [7, 11) is 0. The number of nitrogens with one attached hydrogen (secondary N) is 1. The van der Waals surface area contributed by atoms with Crippen molar-refractivity contribution < 1.29 is 19.4 Å². The number of para-hydroxylation sites is 2. The van der Waals surface area contributed by atoms with Gasteiger partial charge in [-0.3, -0.25) is 9.69 Å². The summed E-state index contributed by atoms with van der Waals surface area (Å²) in [5.41, 5.74) is 4.47. The van der Waals surface area contributed by atoms with E-state index in [2.05, 4.69) is 40.2 Å². The molecule has 0 spiro atoms. The molecule has 3 heterocycles. The molecule has 1 atom stereocenters. The van der Waals surface area contributed by atoms with E-state index in [0.29, 0.717) is 38.6 Å². The first-order valence-corrected chi connectivity index (χ1v) is 12.6. The van der Waals surface area contributed by atoms with E-state index in [1.54, 1.807) is 17.1 Å². The molecule has 3 aromatic rings. The lowest BCUT2D eigenvalue weighted by Gasteiger charge is -2.28. The Morgan fingerprint density at radius 1 is 1.11 bits per heavy atom. The van der Waals surface area contributed by atoms with Crippen LogP contribution in [0.2, 0.25) is 0 Å². The van der Waals surface area contributed by atoms with Crippen molar-refractivity contribution in [2.24, 2.45) is 0 Å². The largest absolute Gasteiger partial charge is 0.490 e. The van der Waals surface area contributed by atoms with Gasteiger partial charge in [0.1, 0.15) is 18.5 Å². The molecule has 0 saturated carbocycles. The first kappa shape index (κ1) is 24.3. The van der Waals surface area contributed by atoms with Gasteiger partial charge in [0.15, 0.2) is 0 Å². The maximum absolute atomic E-state index is 12.4. The molecule has 2 aliphatic heterocycles. The molecule has 2 aromatic carbocycles. The number of fused-ring (bicyclic) bond motifs is 1. The number of β-amino-alcohol motifs (C(OH)–C–C–N with tert-alkyl or cyclic N) is 1. The average molecular weight is 488 g/mol. The predicted octanol–water partition coefficient (Wildman–Crippen LogP) is 3.57. The number of amides is 1. The number of carbonyl (C=O) groups is 1. The Hall–Kier alpha value is -3.39. The number of aromatic nitrogens is 1. The fourth-order valence-corrected chi connectivity index (χ4v) is 4.70. The van der Waals surface area contributed by atoms with Gasteiger partial charge in [0, 0.05) is 55.6 Å². The number of carbonyl (C=O) groups excluding carboxylic acids is 1. The van der Waals surface area contributed by atoms with E-state index in [0.717, 1.165) is 30.6 Å². The predicted molar refractivity (Wildman–Crippen MR) is 142 cm³/mol. The van der Waals surface area contributed by atoms with Gasteiger partial charge >= 0.3 is 0 Å². The molecule has 2 N–H and O–H groups in total. The average Bonchev–Trinajstić information content (AvgIpc) is 3.36. The summed E-state index contributed by atoms with van der Waals surface area (Å²) >= 11 is 0. The molecule has 1 saturated heterocycles. The molecular formula is C29H33N3O4. The van der Waals surface area contributed by atoms with Crippen LogP contribution in [-0.4, -0.2) is 84.4 Å². The standard InChI is InChI=1S/C29H33N3O4/c33-25(20-31-13-11-22(12-14-31)27-19-24-6-1-3-7-26(24)30-27)21-36-28-8-4-2-5-23(28)9-10-29(34)32-15-17-35-18-16-32/h1-11,19,25,30,33H,12-18,20-21H2. The first-order chi connectivity index (χ1) is 17.7. The third-order valence-electron chi connectivity index (χ3n) is 6.72. The molecule has 1 unspecified atom stereocenters. The molecule has 7 nitrogen and oxygen atoms in total. The van der Waals surface area contributed by atoms with Crippen molar-refractivity contribution in [3.05, 3.63) is 78.0 Å². The van der Waals surface area contributed by atoms with E-state index in [4.69, 9.17) is 9.47 Å². The van der Waals surface area contributed by atoms with Crippen LogP contribution in [0.5, 0.6) is 5.75 Å². The zero-order chi connectivity index (χ0) is 24.7. The van der Waals surface area contributed by atoms with Gasteiger partial charge in [-0.2, -0.15) is 0 Å². The number of morpholine rings is 1. The van der Waals surface area contributed by atoms with Crippen LogP contribution in [0.1, 0.15) is 17.7 Å². The summed E-state index contributed by atoms with van der Waals surface area (Å²) < 4.78 is 11.3.